The minimum Gasteiger partial charge on any atom is -0.481 e. The molecule has 7 nitrogen and oxygen atoms in total. The van der Waals surface area contributed by atoms with Gasteiger partial charge >= 0.3 is 0 Å². The Labute approximate surface area is 162 Å². The van der Waals surface area contributed by atoms with Crippen LogP contribution in [0.15, 0.2) is 67.1 Å². The number of carbonyl (C=O) groups excluding carboxylic acids is 2. The van der Waals surface area contributed by atoms with E-state index in [2.05, 4.69) is 10.3 Å². The number of rotatable bonds is 5. The van der Waals surface area contributed by atoms with Gasteiger partial charge in [0.2, 0.25) is 5.91 Å². The van der Waals surface area contributed by atoms with E-state index in [9.17, 15) is 9.59 Å². The zero-order chi connectivity index (χ0) is 19.5. The van der Waals surface area contributed by atoms with Crippen LogP contribution in [-0.4, -0.2) is 34.0 Å². The number of nitrogens with zero attached hydrogens (tertiary/aromatic N) is 3. The number of aromatic nitrogens is 2. The molecule has 0 aliphatic carbocycles. The van der Waals surface area contributed by atoms with Gasteiger partial charge in [-0.15, -0.1) is 0 Å². The Morgan fingerprint density at radius 1 is 1.18 bits per heavy atom. The molecule has 4 rings (SSSR count). The van der Waals surface area contributed by atoms with E-state index in [1.807, 2.05) is 60.3 Å². The molecule has 0 saturated carbocycles. The van der Waals surface area contributed by atoms with E-state index < -0.39 is 6.10 Å². The van der Waals surface area contributed by atoms with Crippen molar-refractivity contribution in [1.82, 2.24) is 9.55 Å². The number of anilines is 2. The SMILES string of the molecule is CCC(Oc1ccc(-n2cccc2)cc1)C(=O)N1CC(=O)Nc2cccnc21. The Hall–Kier alpha value is -3.61. The van der Waals surface area contributed by atoms with Gasteiger partial charge in [-0.3, -0.25) is 14.5 Å². The molecule has 0 radical (unpaired) electrons. The number of pyridine rings is 1. The minimum atomic E-state index is -0.710. The summed E-state index contributed by atoms with van der Waals surface area (Å²) in [5.74, 6) is 0.502. The Kier molecular flexibility index (Phi) is 4.80. The van der Waals surface area contributed by atoms with Crippen molar-refractivity contribution in [2.75, 3.05) is 16.8 Å². The standard InChI is InChI=1S/C21H20N4O3/c1-2-18(28-16-9-7-15(8-10-16)24-12-3-4-13-24)21(27)25-14-19(26)23-17-6-5-11-22-20(17)25/h3-13,18H,2,14H2,1H3,(H,23,26). The van der Waals surface area contributed by atoms with Crippen molar-refractivity contribution in [3.8, 4) is 11.4 Å². The first-order valence-corrected chi connectivity index (χ1v) is 9.12. The topological polar surface area (TPSA) is 76.5 Å². The maximum atomic E-state index is 13.1. The smallest absolute Gasteiger partial charge is 0.269 e. The van der Waals surface area contributed by atoms with Crippen LogP contribution in [0.4, 0.5) is 11.5 Å². The van der Waals surface area contributed by atoms with Crippen LogP contribution in [0.1, 0.15) is 13.3 Å². The Morgan fingerprint density at radius 2 is 1.93 bits per heavy atom. The summed E-state index contributed by atoms with van der Waals surface area (Å²) >= 11 is 0. The number of hydrogen-bond acceptors (Lipinski definition) is 4. The second-order valence-corrected chi connectivity index (χ2v) is 6.45. The van der Waals surface area contributed by atoms with Crippen LogP contribution in [0.5, 0.6) is 5.75 Å². The summed E-state index contributed by atoms with van der Waals surface area (Å²) in [5.41, 5.74) is 1.53. The molecule has 1 aliphatic rings. The van der Waals surface area contributed by atoms with Gasteiger partial charge in [0, 0.05) is 24.3 Å². The first-order valence-electron chi connectivity index (χ1n) is 9.12. The molecule has 3 heterocycles. The molecule has 142 valence electrons. The Balaban J connectivity index is 1.53. The molecule has 3 aromatic rings. The van der Waals surface area contributed by atoms with E-state index in [-0.39, 0.29) is 18.4 Å². The van der Waals surface area contributed by atoms with Crippen molar-refractivity contribution < 1.29 is 14.3 Å². The lowest BCUT2D eigenvalue weighted by Gasteiger charge is -2.30. The lowest BCUT2D eigenvalue weighted by molar-refractivity contribution is -0.127. The number of ether oxygens (including phenoxy) is 1. The summed E-state index contributed by atoms with van der Waals surface area (Å²) < 4.78 is 7.93. The predicted octanol–water partition coefficient (Wildman–Crippen LogP) is 3.02. The van der Waals surface area contributed by atoms with E-state index in [1.165, 1.54) is 4.90 Å². The second kappa shape index (κ2) is 7.56. The van der Waals surface area contributed by atoms with E-state index in [0.29, 0.717) is 23.7 Å². The fourth-order valence-electron chi connectivity index (χ4n) is 3.15. The fraction of sp³-hybridized carbons (Fsp3) is 0.190. The van der Waals surface area contributed by atoms with Gasteiger partial charge in [0.1, 0.15) is 12.3 Å². The number of carbonyl (C=O) groups is 2. The highest BCUT2D eigenvalue weighted by Crippen LogP contribution is 2.28. The molecule has 7 heteroatoms. The van der Waals surface area contributed by atoms with Crippen LogP contribution in [0.2, 0.25) is 0 Å². The summed E-state index contributed by atoms with van der Waals surface area (Å²) in [5, 5.41) is 2.73. The quantitative estimate of drug-likeness (QED) is 0.743. The zero-order valence-electron chi connectivity index (χ0n) is 15.4. The molecule has 0 fully saturated rings. The van der Waals surface area contributed by atoms with E-state index in [4.69, 9.17) is 4.74 Å². The maximum Gasteiger partial charge on any atom is 0.269 e. The Bertz CT molecular complexity index is 983. The fourth-order valence-corrected chi connectivity index (χ4v) is 3.15. The summed E-state index contributed by atoms with van der Waals surface area (Å²) in [6.45, 7) is 1.80. The molecule has 1 atom stereocenters. The second-order valence-electron chi connectivity index (χ2n) is 6.45. The van der Waals surface area contributed by atoms with Crippen LogP contribution in [0.3, 0.4) is 0 Å². The molecule has 2 aromatic heterocycles. The molecule has 2 amide bonds. The predicted molar refractivity (Wildman–Crippen MR) is 106 cm³/mol. The third kappa shape index (κ3) is 3.46. The lowest BCUT2D eigenvalue weighted by atomic mass is 10.2. The average molecular weight is 376 g/mol. The number of fused-ring (bicyclic) bond motifs is 1. The number of amides is 2. The average Bonchev–Trinajstić information content (AvgIpc) is 3.26. The van der Waals surface area contributed by atoms with Crippen LogP contribution in [0, 0.1) is 0 Å². The van der Waals surface area contributed by atoms with Gasteiger partial charge in [0.25, 0.3) is 5.91 Å². The van der Waals surface area contributed by atoms with Crippen LogP contribution >= 0.6 is 0 Å². The molecule has 28 heavy (non-hydrogen) atoms. The zero-order valence-corrected chi connectivity index (χ0v) is 15.4. The van der Waals surface area contributed by atoms with Crippen LogP contribution < -0.4 is 15.0 Å². The molecule has 1 aromatic carbocycles. The molecule has 1 unspecified atom stereocenters. The highest BCUT2D eigenvalue weighted by atomic mass is 16.5. The van der Waals surface area contributed by atoms with Gasteiger partial charge in [0.05, 0.1) is 5.69 Å². The van der Waals surface area contributed by atoms with Crippen molar-refractivity contribution in [3.05, 3.63) is 67.1 Å². The lowest BCUT2D eigenvalue weighted by Crippen LogP contribution is -2.48. The summed E-state index contributed by atoms with van der Waals surface area (Å²) in [4.78, 5) is 30.7. The largest absolute Gasteiger partial charge is 0.481 e. The van der Waals surface area contributed by atoms with Gasteiger partial charge in [0.15, 0.2) is 11.9 Å². The highest BCUT2D eigenvalue weighted by Gasteiger charge is 2.32. The third-order valence-electron chi connectivity index (χ3n) is 4.55. The van der Waals surface area contributed by atoms with Gasteiger partial charge in [-0.25, -0.2) is 4.98 Å². The monoisotopic (exact) mass is 376 g/mol. The molecule has 0 saturated heterocycles. The first-order chi connectivity index (χ1) is 13.7. The van der Waals surface area contributed by atoms with Crippen molar-refractivity contribution in [1.29, 1.82) is 0 Å². The van der Waals surface area contributed by atoms with Gasteiger partial charge in [-0.05, 0) is 55.0 Å². The maximum absolute atomic E-state index is 13.1. The molecular formula is C21H20N4O3. The number of nitrogens with one attached hydrogen (secondary N) is 1. The summed E-state index contributed by atoms with van der Waals surface area (Å²) in [6.07, 6.45) is 5.27. The molecule has 1 N–H and O–H groups in total. The normalized spacial score (nSPS) is 14.2. The number of benzene rings is 1. The van der Waals surface area contributed by atoms with Crippen LogP contribution in [-0.2, 0) is 9.59 Å². The highest BCUT2D eigenvalue weighted by molar-refractivity contribution is 6.10. The van der Waals surface area contributed by atoms with E-state index in [1.54, 1.807) is 18.3 Å². The molecule has 0 spiro atoms. The van der Waals surface area contributed by atoms with Gasteiger partial charge in [-0.2, -0.15) is 0 Å². The minimum absolute atomic E-state index is 0.0741. The van der Waals surface area contributed by atoms with E-state index in [0.717, 1.165) is 5.69 Å². The summed E-state index contributed by atoms with van der Waals surface area (Å²) in [6, 6.07) is 14.9. The van der Waals surface area contributed by atoms with Crippen molar-refractivity contribution in [2.24, 2.45) is 0 Å². The molecule has 0 bridgehead atoms. The molecule has 1 aliphatic heterocycles. The van der Waals surface area contributed by atoms with Gasteiger partial charge in [-0.1, -0.05) is 6.92 Å². The number of hydrogen-bond donors (Lipinski definition) is 1. The van der Waals surface area contributed by atoms with Gasteiger partial charge < -0.3 is 14.6 Å². The molecular weight excluding hydrogens is 356 g/mol. The van der Waals surface area contributed by atoms with Crippen molar-refractivity contribution in [2.45, 2.75) is 19.4 Å². The van der Waals surface area contributed by atoms with E-state index >= 15 is 0 Å². The van der Waals surface area contributed by atoms with Crippen molar-refractivity contribution >= 4 is 23.3 Å². The Morgan fingerprint density at radius 3 is 2.64 bits per heavy atom. The third-order valence-corrected chi connectivity index (χ3v) is 4.55. The van der Waals surface area contributed by atoms with Crippen LogP contribution in [0.25, 0.3) is 5.69 Å². The first kappa shape index (κ1) is 17.8. The van der Waals surface area contributed by atoms with Crippen molar-refractivity contribution in [3.63, 3.8) is 0 Å². The summed E-state index contributed by atoms with van der Waals surface area (Å²) in [7, 11) is 0.